The van der Waals surface area contributed by atoms with Crippen molar-refractivity contribution in [2.24, 2.45) is 11.7 Å². The van der Waals surface area contributed by atoms with Gasteiger partial charge in [-0.15, -0.1) is 0 Å². The Morgan fingerprint density at radius 2 is 1.88 bits per heavy atom. The third-order valence-corrected chi connectivity index (χ3v) is 2.31. The molecule has 4 heteroatoms. The molecule has 16 heavy (non-hydrogen) atoms. The summed E-state index contributed by atoms with van der Waals surface area (Å²) in [5, 5.41) is 0. The first-order valence-electron chi connectivity index (χ1n) is 5.22. The van der Waals surface area contributed by atoms with Crippen molar-refractivity contribution in [3.05, 3.63) is 35.4 Å². The van der Waals surface area contributed by atoms with Gasteiger partial charge in [-0.2, -0.15) is 13.2 Å². The third kappa shape index (κ3) is 3.52. The van der Waals surface area contributed by atoms with Gasteiger partial charge in [0.15, 0.2) is 0 Å². The minimum atomic E-state index is -4.38. The van der Waals surface area contributed by atoms with Gasteiger partial charge in [0.25, 0.3) is 0 Å². The first-order valence-corrected chi connectivity index (χ1v) is 5.22. The van der Waals surface area contributed by atoms with Gasteiger partial charge in [0.05, 0.1) is 0 Å². The maximum Gasteiger partial charge on any atom is 0.407 e. The van der Waals surface area contributed by atoms with Crippen LogP contribution in [0.25, 0.3) is 0 Å². The molecule has 0 saturated carbocycles. The Morgan fingerprint density at radius 1 is 1.25 bits per heavy atom. The highest BCUT2D eigenvalue weighted by Gasteiger charge is 2.37. The van der Waals surface area contributed by atoms with Gasteiger partial charge in [0.2, 0.25) is 0 Å². The summed E-state index contributed by atoms with van der Waals surface area (Å²) in [7, 11) is 0. The van der Waals surface area contributed by atoms with Crippen LogP contribution in [0.4, 0.5) is 13.2 Å². The molecule has 2 N–H and O–H groups in total. The molecular weight excluding hydrogens is 215 g/mol. The number of halogens is 3. The summed E-state index contributed by atoms with van der Waals surface area (Å²) in [5.41, 5.74) is 6.17. The number of alkyl halides is 3. The molecule has 1 nitrogen and oxygen atoms in total. The fourth-order valence-electron chi connectivity index (χ4n) is 1.57. The number of benzene rings is 1. The van der Waals surface area contributed by atoms with E-state index in [1.807, 2.05) is 19.9 Å². The van der Waals surface area contributed by atoms with Gasteiger partial charge in [-0.25, -0.2) is 0 Å². The number of rotatable bonds is 3. The smallest absolute Gasteiger partial charge is 0.316 e. The lowest BCUT2D eigenvalue weighted by molar-refractivity contribution is -0.149. The van der Waals surface area contributed by atoms with Crippen LogP contribution in [-0.4, -0.2) is 6.18 Å². The average molecular weight is 231 g/mol. The molecule has 90 valence electrons. The quantitative estimate of drug-likeness (QED) is 0.847. The van der Waals surface area contributed by atoms with E-state index in [0.29, 0.717) is 5.92 Å². The summed E-state index contributed by atoms with van der Waals surface area (Å²) >= 11 is 0. The van der Waals surface area contributed by atoms with Gasteiger partial charge in [0.1, 0.15) is 6.04 Å². The predicted molar refractivity (Wildman–Crippen MR) is 58.0 cm³/mol. The van der Waals surface area contributed by atoms with E-state index >= 15 is 0 Å². The Hall–Kier alpha value is -1.03. The number of hydrogen-bond acceptors (Lipinski definition) is 1. The van der Waals surface area contributed by atoms with E-state index in [4.69, 9.17) is 5.73 Å². The van der Waals surface area contributed by atoms with E-state index in [1.165, 1.54) is 12.1 Å². The normalized spacial score (nSPS) is 14.2. The lowest BCUT2D eigenvalue weighted by Gasteiger charge is -2.17. The summed E-state index contributed by atoms with van der Waals surface area (Å²) in [5.74, 6) is 0.414. The Labute approximate surface area is 93.5 Å². The molecule has 0 heterocycles. The van der Waals surface area contributed by atoms with Crippen LogP contribution in [0.15, 0.2) is 24.3 Å². The molecule has 0 radical (unpaired) electrons. The largest absolute Gasteiger partial charge is 0.407 e. The Kier molecular flexibility index (Phi) is 3.97. The highest BCUT2D eigenvalue weighted by Crippen LogP contribution is 2.30. The molecule has 1 aromatic rings. The molecule has 0 saturated heterocycles. The van der Waals surface area contributed by atoms with Crippen molar-refractivity contribution >= 4 is 0 Å². The summed E-state index contributed by atoms with van der Waals surface area (Å²) in [6.07, 6.45) is -3.62. The first kappa shape index (κ1) is 13.0. The van der Waals surface area contributed by atoms with Gasteiger partial charge in [0, 0.05) is 0 Å². The van der Waals surface area contributed by atoms with Crippen LogP contribution in [0.2, 0.25) is 0 Å². The molecule has 0 aromatic heterocycles. The van der Waals surface area contributed by atoms with Gasteiger partial charge in [-0.05, 0) is 23.5 Å². The lowest BCUT2D eigenvalue weighted by Crippen LogP contribution is -2.28. The molecule has 0 bridgehead atoms. The molecule has 0 aliphatic carbocycles. The molecule has 0 aliphatic rings. The van der Waals surface area contributed by atoms with Crippen molar-refractivity contribution in [3.8, 4) is 0 Å². The minimum absolute atomic E-state index is 0.130. The van der Waals surface area contributed by atoms with Crippen LogP contribution in [0.1, 0.15) is 31.0 Å². The van der Waals surface area contributed by atoms with Crippen LogP contribution in [0.5, 0.6) is 0 Å². The predicted octanol–water partition coefficient (Wildman–Crippen LogP) is 3.45. The van der Waals surface area contributed by atoms with Crippen molar-refractivity contribution in [2.45, 2.75) is 32.5 Å². The zero-order valence-corrected chi connectivity index (χ0v) is 9.38. The first-order chi connectivity index (χ1) is 7.30. The monoisotopic (exact) mass is 231 g/mol. The lowest BCUT2D eigenvalue weighted by atomic mass is 9.98. The minimum Gasteiger partial charge on any atom is -0.316 e. The van der Waals surface area contributed by atoms with Gasteiger partial charge >= 0.3 is 6.18 Å². The summed E-state index contributed by atoms with van der Waals surface area (Å²) in [6, 6.07) is 4.52. The Balaban J connectivity index is 2.90. The molecular formula is C12H16F3N. The Morgan fingerprint density at radius 3 is 2.38 bits per heavy atom. The third-order valence-electron chi connectivity index (χ3n) is 2.31. The average Bonchev–Trinajstić information content (AvgIpc) is 2.14. The second-order valence-corrected chi connectivity index (χ2v) is 4.36. The molecule has 0 unspecified atom stereocenters. The van der Waals surface area contributed by atoms with Crippen LogP contribution in [0.3, 0.4) is 0 Å². The fourth-order valence-corrected chi connectivity index (χ4v) is 1.57. The standard InChI is InChI=1S/C12H16F3N/c1-8(2)6-9-4-3-5-10(7-9)11(16)12(13,14)15/h3-5,7-8,11H,6,16H2,1-2H3/t11-/m0/s1. The highest BCUT2D eigenvalue weighted by molar-refractivity contribution is 5.27. The van der Waals surface area contributed by atoms with Crippen LogP contribution >= 0.6 is 0 Å². The summed E-state index contributed by atoms with van der Waals surface area (Å²) < 4.78 is 37.2. The molecule has 0 aliphatic heterocycles. The van der Waals surface area contributed by atoms with Gasteiger partial charge in [-0.1, -0.05) is 38.1 Å². The highest BCUT2D eigenvalue weighted by atomic mass is 19.4. The van der Waals surface area contributed by atoms with E-state index < -0.39 is 12.2 Å². The second kappa shape index (κ2) is 4.87. The number of nitrogens with two attached hydrogens (primary N) is 1. The topological polar surface area (TPSA) is 26.0 Å². The zero-order valence-electron chi connectivity index (χ0n) is 9.38. The van der Waals surface area contributed by atoms with Crippen molar-refractivity contribution in [1.29, 1.82) is 0 Å². The molecule has 0 fully saturated rings. The van der Waals surface area contributed by atoms with Crippen LogP contribution in [-0.2, 0) is 6.42 Å². The van der Waals surface area contributed by atoms with Crippen LogP contribution < -0.4 is 5.73 Å². The number of hydrogen-bond donors (Lipinski definition) is 1. The van der Waals surface area contributed by atoms with Crippen molar-refractivity contribution in [1.82, 2.24) is 0 Å². The maximum absolute atomic E-state index is 12.4. The van der Waals surface area contributed by atoms with Gasteiger partial charge < -0.3 is 5.73 Å². The SMILES string of the molecule is CC(C)Cc1cccc([C@H](N)C(F)(F)F)c1. The fraction of sp³-hybridized carbons (Fsp3) is 0.500. The zero-order chi connectivity index (χ0) is 12.3. The van der Waals surface area contributed by atoms with Crippen molar-refractivity contribution < 1.29 is 13.2 Å². The second-order valence-electron chi connectivity index (χ2n) is 4.36. The van der Waals surface area contributed by atoms with Gasteiger partial charge in [-0.3, -0.25) is 0 Å². The molecule has 0 spiro atoms. The molecule has 1 aromatic carbocycles. The van der Waals surface area contributed by atoms with Crippen molar-refractivity contribution in [3.63, 3.8) is 0 Å². The molecule has 1 rings (SSSR count). The summed E-state index contributed by atoms with van der Waals surface area (Å²) in [6.45, 7) is 4.05. The molecule has 0 amide bonds. The van der Waals surface area contributed by atoms with E-state index in [9.17, 15) is 13.2 Å². The van der Waals surface area contributed by atoms with Crippen molar-refractivity contribution in [2.75, 3.05) is 0 Å². The van der Waals surface area contributed by atoms with E-state index in [-0.39, 0.29) is 5.56 Å². The van der Waals surface area contributed by atoms with E-state index in [1.54, 1.807) is 6.07 Å². The van der Waals surface area contributed by atoms with E-state index in [0.717, 1.165) is 12.0 Å². The maximum atomic E-state index is 12.4. The summed E-state index contributed by atoms with van der Waals surface area (Å²) in [4.78, 5) is 0. The van der Waals surface area contributed by atoms with Crippen LogP contribution in [0, 0.1) is 5.92 Å². The molecule has 1 atom stereocenters. The van der Waals surface area contributed by atoms with E-state index in [2.05, 4.69) is 0 Å². The Bertz CT molecular complexity index is 344.